The van der Waals surface area contributed by atoms with Crippen molar-refractivity contribution in [1.29, 1.82) is 0 Å². The van der Waals surface area contributed by atoms with E-state index >= 15 is 0 Å². The summed E-state index contributed by atoms with van der Waals surface area (Å²) in [4.78, 5) is 12.9. The van der Waals surface area contributed by atoms with E-state index in [1.807, 2.05) is 0 Å². The number of alkyl halides is 5. The molecule has 32 heavy (non-hydrogen) atoms. The number of nitrogens with zero attached hydrogens (tertiary/aromatic N) is 2. The van der Waals surface area contributed by atoms with Crippen LogP contribution in [0.5, 0.6) is 11.5 Å². The molecule has 1 aromatic heterocycles. The van der Waals surface area contributed by atoms with E-state index in [0.29, 0.717) is 10.8 Å². The molecule has 0 unspecified atom stereocenters. The molecule has 1 aliphatic heterocycles. The predicted molar refractivity (Wildman–Crippen MR) is 104 cm³/mol. The van der Waals surface area contributed by atoms with Crippen molar-refractivity contribution in [2.24, 2.45) is 0 Å². The molecule has 1 aliphatic rings. The molecule has 10 heteroatoms. The molecule has 0 radical (unpaired) electrons. The van der Waals surface area contributed by atoms with Crippen LogP contribution in [0.2, 0.25) is 0 Å². The first-order valence-electron chi connectivity index (χ1n) is 9.22. The number of aromatic nitrogens is 2. The minimum Gasteiger partial charge on any atom is -0.395 e. The number of ether oxygens (including phenoxy) is 2. The summed E-state index contributed by atoms with van der Waals surface area (Å²) < 4.78 is 78.2. The van der Waals surface area contributed by atoms with E-state index in [1.54, 1.807) is 24.3 Å². The number of para-hydroxylation sites is 1. The summed E-state index contributed by atoms with van der Waals surface area (Å²) in [6, 6.07) is 13.2. The number of hydrogen-bond donors (Lipinski definition) is 0. The van der Waals surface area contributed by atoms with Crippen LogP contribution >= 0.6 is 0 Å². The first kappa shape index (κ1) is 20.0. The highest BCUT2D eigenvalue weighted by Crippen LogP contribution is 2.49. The lowest BCUT2D eigenvalue weighted by atomic mass is 9.97. The van der Waals surface area contributed by atoms with Crippen LogP contribution in [0, 0.1) is 0 Å². The zero-order valence-corrected chi connectivity index (χ0v) is 15.9. The average Bonchev–Trinajstić information content (AvgIpc) is 3.07. The van der Waals surface area contributed by atoms with Crippen molar-refractivity contribution in [3.63, 3.8) is 0 Å². The summed E-state index contributed by atoms with van der Waals surface area (Å²) in [5.41, 5.74) is -2.34. The first-order chi connectivity index (χ1) is 15.1. The summed E-state index contributed by atoms with van der Waals surface area (Å²) in [5.74, 6) is -0.925. The van der Waals surface area contributed by atoms with Crippen molar-refractivity contribution in [1.82, 2.24) is 9.78 Å². The summed E-state index contributed by atoms with van der Waals surface area (Å²) >= 11 is 0. The van der Waals surface area contributed by atoms with E-state index in [0.717, 1.165) is 28.9 Å². The van der Waals surface area contributed by atoms with E-state index in [2.05, 4.69) is 14.6 Å². The maximum atomic E-state index is 13.8. The molecule has 2 heterocycles. The largest absolute Gasteiger partial charge is 0.586 e. The quantitative estimate of drug-likeness (QED) is 0.388. The zero-order chi connectivity index (χ0) is 22.7. The van der Waals surface area contributed by atoms with Crippen LogP contribution in [0.1, 0.15) is 5.56 Å². The van der Waals surface area contributed by atoms with Crippen LogP contribution in [0.25, 0.3) is 27.6 Å². The Morgan fingerprint density at radius 3 is 2.47 bits per heavy atom. The minimum absolute atomic E-state index is 0.0204. The zero-order valence-electron chi connectivity index (χ0n) is 15.9. The molecule has 5 rings (SSSR count). The van der Waals surface area contributed by atoms with Gasteiger partial charge in [0.05, 0.1) is 22.8 Å². The SMILES string of the molecule is O=c1c2ccccc2cnn1-c1ccc(C(F)(F)F)c(-c2cccc3c2OC(F)(F)O3)c1. The summed E-state index contributed by atoms with van der Waals surface area (Å²) in [6.45, 7) is 0. The molecule has 4 aromatic rings. The Balaban J connectivity index is 1.75. The fourth-order valence-corrected chi connectivity index (χ4v) is 3.59. The van der Waals surface area contributed by atoms with Crippen LogP contribution < -0.4 is 15.0 Å². The smallest absolute Gasteiger partial charge is 0.395 e. The molecule has 0 fully saturated rings. The summed E-state index contributed by atoms with van der Waals surface area (Å²) in [6.07, 6.45) is -7.41. The second kappa shape index (κ2) is 6.78. The molecule has 162 valence electrons. The molecule has 0 saturated carbocycles. The van der Waals surface area contributed by atoms with Crippen LogP contribution in [0.3, 0.4) is 0 Å². The van der Waals surface area contributed by atoms with Gasteiger partial charge in [0, 0.05) is 10.9 Å². The molecule has 0 saturated heterocycles. The second-order valence-corrected chi connectivity index (χ2v) is 6.98. The van der Waals surface area contributed by atoms with Gasteiger partial charge in [-0.25, -0.2) is 0 Å². The Labute approximate surface area is 176 Å². The number of rotatable bonds is 2. The van der Waals surface area contributed by atoms with E-state index in [9.17, 15) is 26.7 Å². The van der Waals surface area contributed by atoms with Gasteiger partial charge in [0.25, 0.3) is 5.56 Å². The van der Waals surface area contributed by atoms with E-state index in [1.165, 1.54) is 18.3 Å². The second-order valence-electron chi connectivity index (χ2n) is 6.98. The highest BCUT2D eigenvalue weighted by molar-refractivity contribution is 5.81. The van der Waals surface area contributed by atoms with E-state index in [-0.39, 0.29) is 11.3 Å². The van der Waals surface area contributed by atoms with Crippen molar-refractivity contribution in [3.05, 3.63) is 82.8 Å². The van der Waals surface area contributed by atoms with Gasteiger partial charge in [-0.3, -0.25) is 4.79 Å². The van der Waals surface area contributed by atoms with Crippen molar-refractivity contribution in [2.45, 2.75) is 12.5 Å². The standard InChI is InChI=1S/C22H11F5N2O3/c23-21(24,25)17-9-8-13(29-20(30)14-5-2-1-4-12(14)11-28-29)10-16(17)15-6-3-7-18-19(15)32-22(26,27)31-18/h1-11H. The highest BCUT2D eigenvalue weighted by Gasteiger charge is 2.45. The van der Waals surface area contributed by atoms with Crippen LogP contribution in [-0.2, 0) is 6.18 Å². The maximum Gasteiger partial charge on any atom is 0.586 e. The fraction of sp³-hybridized carbons (Fsp3) is 0.0909. The third-order valence-electron chi connectivity index (χ3n) is 4.97. The van der Waals surface area contributed by atoms with Crippen molar-refractivity contribution >= 4 is 10.8 Å². The molecule has 0 aliphatic carbocycles. The normalized spacial score (nSPS) is 14.7. The van der Waals surface area contributed by atoms with Crippen molar-refractivity contribution < 1.29 is 31.4 Å². The first-order valence-corrected chi connectivity index (χ1v) is 9.22. The molecule has 0 N–H and O–H groups in total. The number of benzene rings is 3. The van der Waals surface area contributed by atoms with Gasteiger partial charge in [0.1, 0.15) is 0 Å². The summed E-state index contributed by atoms with van der Waals surface area (Å²) in [5, 5.41) is 4.93. The maximum absolute atomic E-state index is 13.8. The van der Waals surface area contributed by atoms with Gasteiger partial charge in [-0.2, -0.15) is 23.0 Å². The number of hydrogen-bond acceptors (Lipinski definition) is 4. The van der Waals surface area contributed by atoms with Gasteiger partial charge in [0.2, 0.25) is 0 Å². The molecule has 0 spiro atoms. The Kier molecular flexibility index (Phi) is 4.23. The van der Waals surface area contributed by atoms with Gasteiger partial charge in [-0.15, -0.1) is 8.78 Å². The molecule has 5 nitrogen and oxygen atoms in total. The fourth-order valence-electron chi connectivity index (χ4n) is 3.59. The monoisotopic (exact) mass is 446 g/mol. The highest BCUT2D eigenvalue weighted by atomic mass is 19.4. The Morgan fingerprint density at radius 1 is 0.906 bits per heavy atom. The molecule has 0 bridgehead atoms. The van der Waals surface area contributed by atoms with Gasteiger partial charge in [0.15, 0.2) is 11.5 Å². The molecule has 0 atom stereocenters. The topological polar surface area (TPSA) is 53.4 Å². The average molecular weight is 446 g/mol. The Morgan fingerprint density at radius 2 is 1.69 bits per heavy atom. The summed E-state index contributed by atoms with van der Waals surface area (Å²) in [7, 11) is 0. The van der Waals surface area contributed by atoms with Crippen LogP contribution in [0.15, 0.2) is 71.7 Å². The number of halogens is 5. The van der Waals surface area contributed by atoms with E-state index < -0.39 is 40.7 Å². The van der Waals surface area contributed by atoms with Gasteiger partial charge in [-0.05, 0) is 35.9 Å². The van der Waals surface area contributed by atoms with Crippen molar-refractivity contribution in [3.8, 4) is 28.3 Å². The van der Waals surface area contributed by atoms with Gasteiger partial charge >= 0.3 is 12.5 Å². The lowest BCUT2D eigenvalue weighted by molar-refractivity contribution is -0.286. The van der Waals surface area contributed by atoms with Gasteiger partial charge < -0.3 is 9.47 Å². The predicted octanol–water partition coefficient (Wildman–Crippen LogP) is 5.39. The van der Waals surface area contributed by atoms with Crippen LogP contribution in [-0.4, -0.2) is 16.1 Å². The lowest BCUT2D eigenvalue weighted by Crippen LogP contribution is -2.26. The lowest BCUT2D eigenvalue weighted by Gasteiger charge is -2.16. The molecule has 3 aromatic carbocycles. The van der Waals surface area contributed by atoms with Crippen molar-refractivity contribution in [2.75, 3.05) is 0 Å². The third kappa shape index (κ3) is 3.24. The third-order valence-corrected chi connectivity index (χ3v) is 4.97. The number of fused-ring (bicyclic) bond motifs is 2. The molecular weight excluding hydrogens is 435 g/mol. The van der Waals surface area contributed by atoms with Crippen LogP contribution in [0.4, 0.5) is 22.0 Å². The minimum atomic E-state index is -4.81. The Hall–Kier alpha value is -3.95. The Bertz CT molecular complexity index is 1430. The molecule has 0 amide bonds. The molecular formula is C22H11F5N2O3. The van der Waals surface area contributed by atoms with Gasteiger partial charge in [-0.1, -0.05) is 30.3 Å². The van der Waals surface area contributed by atoms with E-state index in [4.69, 9.17) is 0 Å².